The first-order valence-electron chi connectivity index (χ1n) is 6.08. The second kappa shape index (κ2) is 5.06. The van der Waals surface area contributed by atoms with E-state index in [2.05, 4.69) is 19.7 Å². The van der Waals surface area contributed by atoms with Crippen molar-refractivity contribution >= 4 is 15.7 Å². The number of hydrogen-bond donors (Lipinski definition) is 2. The van der Waals surface area contributed by atoms with E-state index in [1.807, 2.05) is 0 Å². The van der Waals surface area contributed by atoms with Crippen LogP contribution in [0.4, 0.5) is 5.69 Å². The molecule has 108 valence electrons. The van der Waals surface area contributed by atoms with Crippen LogP contribution in [0, 0.1) is 6.92 Å². The smallest absolute Gasteiger partial charge is 0.278 e. The van der Waals surface area contributed by atoms with E-state index in [4.69, 9.17) is 4.42 Å². The van der Waals surface area contributed by atoms with Crippen molar-refractivity contribution in [1.82, 2.24) is 15.0 Å². The lowest BCUT2D eigenvalue weighted by Crippen LogP contribution is -2.13. The summed E-state index contributed by atoms with van der Waals surface area (Å²) in [5.74, 6) is 0.578. The number of aromatic amines is 1. The quantitative estimate of drug-likeness (QED) is 0.769. The van der Waals surface area contributed by atoms with Gasteiger partial charge in [-0.1, -0.05) is 12.1 Å². The van der Waals surface area contributed by atoms with Gasteiger partial charge in [0, 0.05) is 18.2 Å². The van der Waals surface area contributed by atoms with Crippen molar-refractivity contribution in [2.24, 2.45) is 0 Å². The number of rotatable bonds is 4. The molecule has 0 saturated heterocycles. The van der Waals surface area contributed by atoms with E-state index < -0.39 is 10.0 Å². The monoisotopic (exact) mass is 304 g/mol. The minimum absolute atomic E-state index is 0.0127. The van der Waals surface area contributed by atoms with Crippen LogP contribution in [0.25, 0.3) is 11.3 Å². The lowest BCUT2D eigenvalue weighted by Gasteiger charge is -2.06. The van der Waals surface area contributed by atoms with Crippen LogP contribution in [-0.4, -0.2) is 23.4 Å². The summed E-state index contributed by atoms with van der Waals surface area (Å²) < 4.78 is 31.6. The van der Waals surface area contributed by atoms with Gasteiger partial charge in [-0.25, -0.2) is 9.97 Å². The zero-order valence-electron chi connectivity index (χ0n) is 11.1. The number of aryl methyl sites for hydroxylation is 1. The molecule has 0 fully saturated rings. The number of nitrogens with zero attached hydrogens (tertiary/aromatic N) is 2. The molecule has 0 amide bonds. The minimum Gasteiger partial charge on any atom is -0.449 e. The average molecular weight is 304 g/mol. The standard InChI is InChI=1S/C13H12N4O3S/c1-9-16-12(7-20-9)10-2-4-11(5-3-10)17-21(18,19)13-6-14-8-15-13/h2-8,17H,1H3,(H,14,15). The van der Waals surface area contributed by atoms with Gasteiger partial charge < -0.3 is 9.40 Å². The molecule has 0 spiro atoms. The molecule has 3 rings (SSSR count). The summed E-state index contributed by atoms with van der Waals surface area (Å²) >= 11 is 0. The third kappa shape index (κ3) is 2.79. The van der Waals surface area contributed by atoms with E-state index in [0.29, 0.717) is 17.3 Å². The van der Waals surface area contributed by atoms with Crippen molar-refractivity contribution in [3.63, 3.8) is 0 Å². The molecule has 2 aromatic heterocycles. The fraction of sp³-hybridized carbons (Fsp3) is 0.0769. The number of anilines is 1. The van der Waals surface area contributed by atoms with Crippen molar-refractivity contribution < 1.29 is 12.8 Å². The van der Waals surface area contributed by atoms with Gasteiger partial charge >= 0.3 is 0 Å². The van der Waals surface area contributed by atoms with Gasteiger partial charge in [0.2, 0.25) is 0 Å². The zero-order chi connectivity index (χ0) is 14.9. The van der Waals surface area contributed by atoms with Gasteiger partial charge in [-0.15, -0.1) is 0 Å². The molecule has 21 heavy (non-hydrogen) atoms. The van der Waals surface area contributed by atoms with Crippen LogP contribution in [-0.2, 0) is 10.0 Å². The van der Waals surface area contributed by atoms with Crippen LogP contribution >= 0.6 is 0 Å². The topological polar surface area (TPSA) is 101 Å². The molecule has 0 aliphatic carbocycles. The molecule has 0 atom stereocenters. The Kier molecular flexibility index (Phi) is 3.22. The van der Waals surface area contributed by atoms with E-state index in [1.54, 1.807) is 37.5 Å². The summed E-state index contributed by atoms with van der Waals surface area (Å²) in [5.41, 5.74) is 2.00. The number of oxazole rings is 1. The highest BCUT2D eigenvalue weighted by atomic mass is 32.2. The first-order chi connectivity index (χ1) is 10.0. The zero-order valence-corrected chi connectivity index (χ0v) is 11.9. The maximum Gasteiger partial charge on any atom is 0.278 e. The number of hydrogen-bond acceptors (Lipinski definition) is 5. The molecule has 0 bridgehead atoms. The van der Waals surface area contributed by atoms with Crippen LogP contribution in [0.1, 0.15) is 5.89 Å². The Morgan fingerprint density at radius 1 is 1.24 bits per heavy atom. The number of sulfonamides is 1. The first kappa shape index (κ1) is 13.4. The predicted molar refractivity (Wildman–Crippen MR) is 76.1 cm³/mol. The third-order valence-electron chi connectivity index (χ3n) is 2.81. The van der Waals surface area contributed by atoms with Crippen molar-refractivity contribution in [1.29, 1.82) is 0 Å². The molecular weight excluding hydrogens is 292 g/mol. The van der Waals surface area contributed by atoms with Gasteiger partial charge in [-0.2, -0.15) is 8.42 Å². The van der Waals surface area contributed by atoms with Crippen molar-refractivity contribution in [2.75, 3.05) is 4.72 Å². The Morgan fingerprint density at radius 3 is 2.57 bits per heavy atom. The summed E-state index contributed by atoms with van der Waals surface area (Å²) in [6.45, 7) is 1.76. The number of H-pyrrole nitrogens is 1. The number of nitrogens with one attached hydrogen (secondary N) is 2. The molecule has 0 aliphatic heterocycles. The van der Waals surface area contributed by atoms with E-state index >= 15 is 0 Å². The Balaban J connectivity index is 1.82. The summed E-state index contributed by atoms with van der Waals surface area (Å²) in [6.07, 6.45) is 4.11. The normalized spacial score (nSPS) is 11.5. The Bertz CT molecular complexity index is 836. The molecule has 2 N–H and O–H groups in total. The van der Waals surface area contributed by atoms with Crippen LogP contribution in [0.5, 0.6) is 0 Å². The van der Waals surface area contributed by atoms with E-state index in [1.165, 1.54) is 12.5 Å². The molecule has 0 aliphatic rings. The molecule has 0 saturated carbocycles. The van der Waals surface area contributed by atoms with Crippen molar-refractivity contribution in [3.05, 3.63) is 48.9 Å². The van der Waals surface area contributed by atoms with Gasteiger partial charge in [-0.3, -0.25) is 4.72 Å². The molecule has 8 heteroatoms. The highest BCUT2D eigenvalue weighted by Gasteiger charge is 2.15. The van der Waals surface area contributed by atoms with E-state index in [0.717, 1.165) is 5.56 Å². The molecule has 0 radical (unpaired) electrons. The lowest BCUT2D eigenvalue weighted by molar-refractivity contribution is 0.521. The summed E-state index contributed by atoms with van der Waals surface area (Å²) in [5, 5.41) is 0.0127. The molecule has 1 aromatic carbocycles. The van der Waals surface area contributed by atoms with Gasteiger partial charge in [-0.05, 0) is 12.1 Å². The first-order valence-corrected chi connectivity index (χ1v) is 7.57. The van der Waals surface area contributed by atoms with Crippen molar-refractivity contribution in [3.8, 4) is 11.3 Å². The number of benzene rings is 1. The van der Waals surface area contributed by atoms with Crippen molar-refractivity contribution in [2.45, 2.75) is 11.9 Å². The Morgan fingerprint density at radius 2 is 2.00 bits per heavy atom. The highest BCUT2D eigenvalue weighted by molar-refractivity contribution is 7.92. The summed E-state index contributed by atoms with van der Waals surface area (Å²) in [7, 11) is -3.65. The van der Waals surface area contributed by atoms with Crippen LogP contribution in [0.2, 0.25) is 0 Å². The maximum absolute atomic E-state index is 12.0. The summed E-state index contributed by atoms with van der Waals surface area (Å²) in [4.78, 5) is 10.5. The second-order valence-electron chi connectivity index (χ2n) is 4.35. The largest absolute Gasteiger partial charge is 0.449 e. The van der Waals surface area contributed by atoms with Crippen LogP contribution in [0.3, 0.4) is 0 Å². The fourth-order valence-electron chi connectivity index (χ4n) is 1.81. The highest BCUT2D eigenvalue weighted by Crippen LogP contribution is 2.22. The molecule has 7 nitrogen and oxygen atoms in total. The summed E-state index contributed by atoms with van der Waals surface area (Å²) in [6, 6.07) is 6.85. The van der Waals surface area contributed by atoms with E-state index in [9.17, 15) is 8.42 Å². The SMILES string of the molecule is Cc1nc(-c2ccc(NS(=O)(=O)c3cnc[nH]3)cc2)co1. The maximum atomic E-state index is 12.0. The molecule has 0 unspecified atom stereocenters. The average Bonchev–Trinajstić information content (AvgIpc) is 3.10. The number of imidazole rings is 1. The van der Waals surface area contributed by atoms with Gasteiger partial charge in [0.05, 0.1) is 12.5 Å². The van der Waals surface area contributed by atoms with Crippen LogP contribution < -0.4 is 4.72 Å². The minimum atomic E-state index is -3.65. The number of aromatic nitrogens is 3. The van der Waals surface area contributed by atoms with Gasteiger partial charge in [0.25, 0.3) is 10.0 Å². The third-order valence-corrected chi connectivity index (χ3v) is 4.12. The van der Waals surface area contributed by atoms with Gasteiger partial charge in [0.1, 0.15) is 12.0 Å². The molecular formula is C13H12N4O3S. The Hall–Kier alpha value is -2.61. The van der Waals surface area contributed by atoms with E-state index in [-0.39, 0.29) is 5.03 Å². The predicted octanol–water partition coefficient (Wildman–Crippen LogP) is 2.17. The molecule has 2 heterocycles. The Labute approximate surface area is 121 Å². The lowest BCUT2D eigenvalue weighted by atomic mass is 10.1. The fourth-order valence-corrected chi connectivity index (χ4v) is 2.77. The van der Waals surface area contributed by atoms with Gasteiger partial charge in [0.15, 0.2) is 10.9 Å². The molecule has 3 aromatic rings. The second-order valence-corrected chi connectivity index (χ2v) is 6.00. The van der Waals surface area contributed by atoms with Crippen LogP contribution in [0.15, 0.2) is 52.5 Å².